The molecule has 0 fully saturated rings. The maximum atomic E-state index is 10.9. The quantitative estimate of drug-likeness (QED) is 0.181. The summed E-state index contributed by atoms with van der Waals surface area (Å²) in [4.78, 5) is 0. The molecule has 228 valence electrons. The Labute approximate surface area is 256 Å². The lowest BCUT2D eigenvalue weighted by Crippen LogP contribution is -2.10. The molecule has 5 nitrogen and oxygen atoms in total. The number of methoxy groups -OCH3 is 2. The Morgan fingerprint density at radius 2 is 0.884 bits per heavy atom. The summed E-state index contributed by atoms with van der Waals surface area (Å²) in [5.41, 5.74) is 15.8. The van der Waals surface area contributed by atoms with Crippen LogP contribution in [-0.2, 0) is 39.1 Å². The third-order valence-electron chi connectivity index (χ3n) is 8.94. The number of benzene rings is 4. The highest BCUT2D eigenvalue weighted by molar-refractivity contribution is 5.57. The number of aryl methyl sites for hydroxylation is 6. The Morgan fingerprint density at radius 3 is 1.49 bits per heavy atom. The van der Waals surface area contributed by atoms with Gasteiger partial charge in [0.05, 0.1) is 34.0 Å². The highest BCUT2D eigenvalue weighted by Gasteiger charge is 2.22. The van der Waals surface area contributed by atoms with E-state index in [-0.39, 0.29) is 19.8 Å². The first-order chi connectivity index (χ1) is 20.5. The van der Waals surface area contributed by atoms with Crippen LogP contribution in [0.5, 0.6) is 11.5 Å². The fraction of sp³-hybridized carbons (Fsp3) is 0.368. The standard InChI is InChI=1S/C38H46O5/c1-22-9-23(2)34(20-40)16-30(22)18-35-36(21-41)31(14-28-10-25(4)33(19-39)11-24(28)3)17-32(38(35)43-8)15-29-12-27(6)37(42-7)13-26(29)5/h9-13,16-17,39-41H,14-15,18-21H2,1-8H3. The molecule has 5 heteroatoms. The first kappa shape index (κ1) is 32.3. The Morgan fingerprint density at radius 1 is 0.419 bits per heavy atom. The van der Waals surface area contributed by atoms with Gasteiger partial charge in [-0.2, -0.15) is 0 Å². The molecule has 0 atom stereocenters. The lowest BCUT2D eigenvalue weighted by atomic mass is 9.85. The van der Waals surface area contributed by atoms with Gasteiger partial charge in [0.25, 0.3) is 0 Å². The van der Waals surface area contributed by atoms with Gasteiger partial charge in [-0.3, -0.25) is 0 Å². The average Bonchev–Trinajstić information content (AvgIpc) is 2.97. The van der Waals surface area contributed by atoms with Crippen molar-refractivity contribution >= 4 is 0 Å². The van der Waals surface area contributed by atoms with Crippen molar-refractivity contribution in [3.05, 3.63) is 126 Å². The molecule has 0 amide bonds. The number of aliphatic hydroxyl groups is 3. The summed E-state index contributed by atoms with van der Waals surface area (Å²) in [6, 6.07) is 14.9. The van der Waals surface area contributed by atoms with Crippen LogP contribution in [-0.4, -0.2) is 29.5 Å². The average molecular weight is 583 g/mol. The largest absolute Gasteiger partial charge is 0.496 e. The number of hydrogen-bond acceptors (Lipinski definition) is 5. The molecule has 0 heterocycles. The fourth-order valence-corrected chi connectivity index (χ4v) is 6.28. The maximum absolute atomic E-state index is 10.9. The van der Waals surface area contributed by atoms with Gasteiger partial charge in [0.15, 0.2) is 0 Å². The van der Waals surface area contributed by atoms with E-state index >= 15 is 0 Å². The Bertz CT molecular complexity index is 1550. The van der Waals surface area contributed by atoms with Gasteiger partial charge >= 0.3 is 0 Å². The van der Waals surface area contributed by atoms with E-state index in [1.165, 1.54) is 5.56 Å². The lowest BCUT2D eigenvalue weighted by Gasteiger charge is -2.23. The SMILES string of the molecule is COc1cc(C)c(Cc2cc(Cc3cc(C)c(CO)cc3C)c(CO)c(Cc3cc(CO)c(C)cc3C)c2OC)cc1C. The number of rotatable bonds is 11. The van der Waals surface area contributed by atoms with E-state index < -0.39 is 0 Å². The second kappa shape index (κ2) is 13.8. The normalized spacial score (nSPS) is 11.2. The van der Waals surface area contributed by atoms with Crippen molar-refractivity contribution in [3.63, 3.8) is 0 Å². The van der Waals surface area contributed by atoms with Gasteiger partial charge in [-0.15, -0.1) is 0 Å². The van der Waals surface area contributed by atoms with Gasteiger partial charge in [-0.05, 0) is 132 Å². The number of aliphatic hydroxyl groups excluding tert-OH is 3. The van der Waals surface area contributed by atoms with Crippen LogP contribution >= 0.6 is 0 Å². The van der Waals surface area contributed by atoms with Crippen molar-refractivity contribution in [1.29, 1.82) is 0 Å². The van der Waals surface area contributed by atoms with Gasteiger partial charge in [-0.25, -0.2) is 0 Å². The van der Waals surface area contributed by atoms with E-state index in [1.807, 2.05) is 13.8 Å². The minimum absolute atomic E-state index is 0.0119. The Balaban J connectivity index is 1.94. The Hall–Kier alpha value is -3.64. The summed E-state index contributed by atoms with van der Waals surface area (Å²) in [5.74, 6) is 1.66. The third-order valence-corrected chi connectivity index (χ3v) is 8.94. The molecule has 4 aromatic carbocycles. The summed E-state index contributed by atoms with van der Waals surface area (Å²) >= 11 is 0. The molecule has 4 rings (SSSR count). The zero-order valence-corrected chi connectivity index (χ0v) is 26.9. The monoisotopic (exact) mass is 582 g/mol. The second-order valence-corrected chi connectivity index (χ2v) is 11.8. The zero-order valence-electron chi connectivity index (χ0n) is 26.9. The van der Waals surface area contributed by atoms with Crippen molar-refractivity contribution < 1.29 is 24.8 Å². The van der Waals surface area contributed by atoms with Crippen LogP contribution in [0.25, 0.3) is 0 Å². The summed E-state index contributed by atoms with van der Waals surface area (Å²) < 4.78 is 11.7. The van der Waals surface area contributed by atoms with Crippen molar-refractivity contribution in [2.45, 2.75) is 80.6 Å². The Kier molecular flexibility index (Phi) is 10.3. The molecular weight excluding hydrogens is 536 g/mol. The predicted molar refractivity (Wildman–Crippen MR) is 173 cm³/mol. The highest BCUT2D eigenvalue weighted by atomic mass is 16.5. The van der Waals surface area contributed by atoms with Crippen molar-refractivity contribution in [3.8, 4) is 11.5 Å². The molecule has 3 N–H and O–H groups in total. The molecule has 4 aromatic rings. The fourth-order valence-electron chi connectivity index (χ4n) is 6.28. The maximum Gasteiger partial charge on any atom is 0.126 e. The molecule has 0 aromatic heterocycles. The second-order valence-electron chi connectivity index (χ2n) is 11.8. The van der Waals surface area contributed by atoms with Gasteiger partial charge in [0, 0.05) is 18.4 Å². The molecule has 0 aliphatic heterocycles. The van der Waals surface area contributed by atoms with Gasteiger partial charge in [0.2, 0.25) is 0 Å². The van der Waals surface area contributed by atoms with E-state index in [0.717, 1.165) is 89.4 Å². The third kappa shape index (κ3) is 6.80. The molecule has 0 aliphatic carbocycles. The number of hydrogen-bond donors (Lipinski definition) is 3. The van der Waals surface area contributed by atoms with E-state index in [2.05, 4.69) is 70.2 Å². The van der Waals surface area contributed by atoms with Crippen molar-refractivity contribution in [1.82, 2.24) is 0 Å². The van der Waals surface area contributed by atoms with Crippen LogP contribution in [0, 0.1) is 41.5 Å². The van der Waals surface area contributed by atoms with Crippen LogP contribution < -0.4 is 9.47 Å². The van der Waals surface area contributed by atoms with E-state index in [9.17, 15) is 15.3 Å². The molecule has 0 aliphatic rings. The van der Waals surface area contributed by atoms with Crippen LogP contribution in [0.3, 0.4) is 0 Å². The summed E-state index contributed by atoms with van der Waals surface area (Å²) in [5, 5.41) is 30.7. The molecule has 0 bridgehead atoms. The molecule has 0 spiro atoms. The van der Waals surface area contributed by atoms with Gasteiger partial charge in [0.1, 0.15) is 11.5 Å². The topological polar surface area (TPSA) is 79.2 Å². The van der Waals surface area contributed by atoms with Gasteiger partial charge < -0.3 is 24.8 Å². The minimum Gasteiger partial charge on any atom is -0.496 e. The zero-order chi connectivity index (χ0) is 31.4. The van der Waals surface area contributed by atoms with Crippen LogP contribution in [0.1, 0.15) is 83.5 Å². The molecule has 0 radical (unpaired) electrons. The summed E-state index contributed by atoms with van der Waals surface area (Å²) in [7, 11) is 3.40. The summed E-state index contributed by atoms with van der Waals surface area (Å²) in [6.07, 6.45) is 1.89. The lowest BCUT2D eigenvalue weighted by molar-refractivity contribution is 0.278. The predicted octanol–water partition coefficient (Wildman–Crippen LogP) is 6.80. The highest BCUT2D eigenvalue weighted by Crippen LogP contribution is 2.37. The minimum atomic E-state index is -0.119. The molecular formula is C38H46O5. The van der Waals surface area contributed by atoms with Crippen LogP contribution in [0.4, 0.5) is 0 Å². The first-order valence-electron chi connectivity index (χ1n) is 14.9. The smallest absolute Gasteiger partial charge is 0.126 e. The summed E-state index contributed by atoms with van der Waals surface area (Å²) in [6.45, 7) is 12.3. The molecule has 0 unspecified atom stereocenters. The van der Waals surface area contributed by atoms with Crippen molar-refractivity contribution in [2.75, 3.05) is 14.2 Å². The first-order valence-corrected chi connectivity index (χ1v) is 14.9. The van der Waals surface area contributed by atoms with Gasteiger partial charge in [-0.1, -0.05) is 36.4 Å². The molecule has 0 saturated carbocycles. The number of ether oxygens (including phenoxy) is 2. The molecule has 43 heavy (non-hydrogen) atoms. The van der Waals surface area contributed by atoms with Crippen molar-refractivity contribution in [2.24, 2.45) is 0 Å². The molecule has 0 saturated heterocycles. The van der Waals surface area contributed by atoms with Crippen LogP contribution in [0.15, 0.2) is 42.5 Å². The van der Waals surface area contributed by atoms with E-state index in [4.69, 9.17) is 9.47 Å². The van der Waals surface area contributed by atoms with E-state index in [0.29, 0.717) is 19.3 Å². The van der Waals surface area contributed by atoms with E-state index in [1.54, 1.807) is 14.2 Å². The van der Waals surface area contributed by atoms with Crippen LogP contribution in [0.2, 0.25) is 0 Å².